The predicted molar refractivity (Wildman–Crippen MR) is 115 cm³/mol. The highest BCUT2D eigenvalue weighted by Crippen LogP contribution is 2.24. The monoisotopic (exact) mass is 393 g/mol. The number of hydrogen-bond donors (Lipinski definition) is 4. The maximum Gasteiger partial charge on any atom is 0.255 e. The van der Waals surface area contributed by atoms with Crippen molar-refractivity contribution >= 4 is 23.5 Å². The van der Waals surface area contributed by atoms with Crippen molar-refractivity contribution < 1.29 is 9.53 Å². The quantitative estimate of drug-likeness (QED) is 0.515. The van der Waals surface area contributed by atoms with Gasteiger partial charge in [0, 0.05) is 36.8 Å². The maximum atomic E-state index is 12.9. The van der Waals surface area contributed by atoms with E-state index in [0.29, 0.717) is 23.3 Å². The van der Waals surface area contributed by atoms with Crippen molar-refractivity contribution in [2.75, 3.05) is 12.8 Å². The molecule has 7 nitrogen and oxygen atoms in total. The number of amides is 1. The zero-order chi connectivity index (χ0) is 20.6. The minimum absolute atomic E-state index is 0.0298. The van der Waals surface area contributed by atoms with Crippen LogP contribution in [0.5, 0.6) is 0 Å². The molecule has 2 unspecified atom stereocenters. The Kier molecular flexibility index (Phi) is 6.97. The van der Waals surface area contributed by atoms with Crippen molar-refractivity contribution in [1.29, 1.82) is 5.41 Å². The summed E-state index contributed by atoms with van der Waals surface area (Å²) in [6.07, 6.45) is 7.18. The van der Waals surface area contributed by atoms with E-state index in [1.165, 1.54) is 6.21 Å². The van der Waals surface area contributed by atoms with Crippen LogP contribution in [0.3, 0.4) is 0 Å². The fraction of sp³-hybridized carbons (Fsp3) is 0.318. The largest absolute Gasteiger partial charge is 0.393 e. The molecule has 5 N–H and O–H groups in total. The first-order chi connectivity index (χ1) is 14.1. The Bertz CT molecular complexity index is 882. The second kappa shape index (κ2) is 9.84. The number of ether oxygens (including phenoxy) is 1. The second-order valence-corrected chi connectivity index (χ2v) is 7.04. The zero-order valence-corrected chi connectivity index (χ0v) is 16.5. The Morgan fingerprint density at radius 3 is 2.86 bits per heavy atom. The second-order valence-electron chi connectivity index (χ2n) is 7.04. The fourth-order valence-electron chi connectivity index (χ4n) is 3.49. The summed E-state index contributed by atoms with van der Waals surface area (Å²) in [5, 5.41) is 13.5. The van der Waals surface area contributed by atoms with Crippen molar-refractivity contribution in [2.24, 2.45) is 0 Å². The molecule has 0 aliphatic heterocycles. The molecule has 1 amide bonds. The summed E-state index contributed by atoms with van der Waals surface area (Å²) in [7, 11) is 1.75. The molecule has 1 aromatic heterocycles. The number of nitrogen functional groups attached to an aromatic ring is 1. The average Bonchev–Trinajstić information content (AvgIpc) is 3.18. The van der Waals surface area contributed by atoms with Gasteiger partial charge in [-0.2, -0.15) is 0 Å². The SMILES string of the molecule is CN/C=C(\C=N)c1cnc(N)c(C(=O)NC2CCCC2OCc2ccccc2)c1. The lowest BCUT2D eigenvalue weighted by atomic mass is 10.1. The number of nitrogens with one attached hydrogen (secondary N) is 3. The van der Waals surface area contributed by atoms with Crippen LogP contribution >= 0.6 is 0 Å². The Hall–Kier alpha value is -3.19. The van der Waals surface area contributed by atoms with Crippen molar-refractivity contribution in [1.82, 2.24) is 15.6 Å². The molecule has 2 aromatic rings. The molecular formula is C22H27N5O2. The summed E-state index contributed by atoms with van der Waals surface area (Å²) in [5.41, 5.74) is 8.63. The van der Waals surface area contributed by atoms with Crippen molar-refractivity contribution in [3.63, 3.8) is 0 Å². The van der Waals surface area contributed by atoms with E-state index in [9.17, 15) is 4.79 Å². The molecule has 0 spiro atoms. The van der Waals surface area contributed by atoms with Gasteiger partial charge in [-0.25, -0.2) is 4.98 Å². The van der Waals surface area contributed by atoms with E-state index in [0.717, 1.165) is 24.8 Å². The summed E-state index contributed by atoms with van der Waals surface area (Å²) in [6.45, 7) is 0.522. The van der Waals surface area contributed by atoms with Crippen molar-refractivity contribution in [2.45, 2.75) is 38.0 Å². The number of nitrogens with zero attached hydrogens (tertiary/aromatic N) is 1. The molecule has 7 heteroatoms. The Labute approximate surface area is 170 Å². The molecule has 1 heterocycles. The van der Waals surface area contributed by atoms with E-state index in [2.05, 4.69) is 15.6 Å². The number of carbonyl (C=O) groups is 1. The Balaban J connectivity index is 1.68. The van der Waals surface area contributed by atoms with Gasteiger partial charge in [0.05, 0.1) is 24.3 Å². The number of carbonyl (C=O) groups excluding carboxylic acids is 1. The molecular weight excluding hydrogens is 366 g/mol. The van der Waals surface area contributed by atoms with Crippen LogP contribution in [0.15, 0.2) is 48.8 Å². The van der Waals surface area contributed by atoms with Crippen LogP contribution < -0.4 is 16.4 Å². The third kappa shape index (κ3) is 5.20. The lowest BCUT2D eigenvalue weighted by Crippen LogP contribution is -2.41. The summed E-state index contributed by atoms with van der Waals surface area (Å²) >= 11 is 0. The van der Waals surface area contributed by atoms with Gasteiger partial charge in [-0.05, 0) is 30.9 Å². The smallest absolute Gasteiger partial charge is 0.255 e. The number of pyridine rings is 1. The third-order valence-corrected chi connectivity index (χ3v) is 5.03. The first-order valence-electron chi connectivity index (χ1n) is 9.72. The Morgan fingerprint density at radius 1 is 1.34 bits per heavy atom. The van der Waals surface area contributed by atoms with Crippen LogP contribution in [0.2, 0.25) is 0 Å². The molecule has 1 aliphatic rings. The number of anilines is 1. The number of aromatic nitrogens is 1. The summed E-state index contributed by atoms with van der Waals surface area (Å²) < 4.78 is 6.07. The molecule has 1 aliphatic carbocycles. The standard InChI is InChI=1S/C22H27N5O2/c1-25-12-17(11-23)16-10-18(21(24)26-13-16)22(28)27-19-8-5-9-20(19)29-14-15-6-3-2-4-7-15/h2-4,6-7,10-13,19-20,23,25H,5,8-9,14H2,1H3,(H2,24,26)(H,27,28)/b17-12+,23-11?. The van der Waals surface area contributed by atoms with E-state index in [-0.39, 0.29) is 23.9 Å². The van der Waals surface area contributed by atoms with Gasteiger partial charge < -0.3 is 26.5 Å². The number of rotatable bonds is 8. The van der Waals surface area contributed by atoms with Crippen LogP contribution in [0.25, 0.3) is 5.57 Å². The van der Waals surface area contributed by atoms with Crippen molar-refractivity contribution in [3.05, 3.63) is 65.5 Å². The lowest BCUT2D eigenvalue weighted by Gasteiger charge is -2.22. The van der Waals surface area contributed by atoms with E-state index in [1.807, 2.05) is 30.3 Å². The predicted octanol–water partition coefficient (Wildman–Crippen LogP) is 2.74. The van der Waals surface area contributed by atoms with E-state index >= 15 is 0 Å². The van der Waals surface area contributed by atoms with Gasteiger partial charge in [0.25, 0.3) is 5.91 Å². The van der Waals surface area contributed by atoms with Crippen molar-refractivity contribution in [3.8, 4) is 0 Å². The first-order valence-corrected chi connectivity index (χ1v) is 9.72. The van der Waals surface area contributed by atoms with E-state index in [4.69, 9.17) is 15.9 Å². The summed E-state index contributed by atoms with van der Waals surface area (Å²) in [5.74, 6) is -0.106. The molecule has 152 valence electrons. The fourth-order valence-corrected chi connectivity index (χ4v) is 3.49. The number of hydrogen-bond acceptors (Lipinski definition) is 6. The van der Waals surface area contributed by atoms with E-state index in [1.54, 1.807) is 25.5 Å². The Morgan fingerprint density at radius 2 is 2.14 bits per heavy atom. The third-order valence-electron chi connectivity index (χ3n) is 5.03. The van der Waals surface area contributed by atoms with Gasteiger partial charge >= 0.3 is 0 Å². The minimum Gasteiger partial charge on any atom is -0.393 e. The molecule has 2 atom stereocenters. The van der Waals surface area contributed by atoms with Gasteiger partial charge in [0.1, 0.15) is 5.82 Å². The number of benzene rings is 1. The highest BCUT2D eigenvalue weighted by Gasteiger charge is 2.30. The molecule has 0 bridgehead atoms. The number of allylic oxidation sites excluding steroid dienone is 1. The molecule has 29 heavy (non-hydrogen) atoms. The normalized spacial score (nSPS) is 19.0. The molecule has 1 fully saturated rings. The summed E-state index contributed by atoms with van der Waals surface area (Å²) in [4.78, 5) is 17.0. The molecule has 1 aromatic carbocycles. The van der Waals surface area contributed by atoms with Crippen LogP contribution in [-0.2, 0) is 11.3 Å². The maximum absolute atomic E-state index is 12.9. The van der Waals surface area contributed by atoms with E-state index < -0.39 is 0 Å². The highest BCUT2D eigenvalue weighted by atomic mass is 16.5. The topological polar surface area (TPSA) is 113 Å². The van der Waals surface area contributed by atoms with Crippen LogP contribution in [0.1, 0.15) is 40.7 Å². The molecule has 1 saturated carbocycles. The van der Waals surface area contributed by atoms with Gasteiger partial charge in [-0.15, -0.1) is 0 Å². The lowest BCUT2D eigenvalue weighted by molar-refractivity contribution is 0.0272. The minimum atomic E-state index is -0.272. The van der Waals surface area contributed by atoms with Gasteiger partial charge in [0.15, 0.2) is 0 Å². The van der Waals surface area contributed by atoms with Crippen LogP contribution in [0.4, 0.5) is 5.82 Å². The first kappa shape index (κ1) is 20.5. The highest BCUT2D eigenvalue weighted by molar-refractivity contribution is 6.09. The van der Waals surface area contributed by atoms with Gasteiger partial charge in [-0.1, -0.05) is 30.3 Å². The van der Waals surface area contributed by atoms with Crippen LogP contribution in [-0.4, -0.2) is 36.3 Å². The average molecular weight is 393 g/mol. The summed E-state index contributed by atoms with van der Waals surface area (Å²) in [6, 6.07) is 11.6. The van der Waals surface area contributed by atoms with Gasteiger partial charge in [-0.3, -0.25) is 4.79 Å². The van der Waals surface area contributed by atoms with Gasteiger partial charge in [0.2, 0.25) is 0 Å². The number of nitrogens with two attached hydrogens (primary N) is 1. The molecule has 0 saturated heterocycles. The van der Waals surface area contributed by atoms with Crippen LogP contribution in [0, 0.1) is 5.41 Å². The zero-order valence-electron chi connectivity index (χ0n) is 16.5. The molecule has 3 rings (SSSR count). The molecule has 0 radical (unpaired) electrons.